The van der Waals surface area contributed by atoms with E-state index in [1.165, 1.54) is 0 Å². The largest absolute Gasteiger partial charge is 0.457 e. The van der Waals surface area contributed by atoms with Crippen molar-refractivity contribution in [1.29, 1.82) is 5.26 Å². The van der Waals surface area contributed by atoms with Crippen LogP contribution >= 0.6 is 0 Å². The van der Waals surface area contributed by atoms with E-state index in [1.54, 1.807) is 0 Å². The van der Waals surface area contributed by atoms with Gasteiger partial charge in [0.1, 0.15) is 11.5 Å². The van der Waals surface area contributed by atoms with E-state index in [2.05, 4.69) is 39.9 Å². The smallest absolute Gasteiger partial charge is 0.194 e. The quantitative estimate of drug-likeness (QED) is 0.621. The van der Waals surface area contributed by atoms with E-state index in [9.17, 15) is 5.26 Å². The highest BCUT2D eigenvalue weighted by molar-refractivity contribution is 6.74. The van der Waals surface area contributed by atoms with Crippen LogP contribution in [0, 0.1) is 11.3 Å². The number of hydrogen-bond acceptors (Lipinski definition) is 3. The Labute approximate surface area is 146 Å². The average Bonchev–Trinajstić information content (AvgIpc) is 2.53. The van der Waals surface area contributed by atoms with Gasteiger partial charge in [-0.1, -0.05) is 51.1 Å². The van der Waals surface area contributed by atoms with E-state index >= 15 is 0 Å². The second kappa shape index (κ2) is 7.21. The summed E-state index contributed by atoms with van der Waals surface area (Å²) in [7, 11) is -2.03. The molecule has 1 atom stereocenters. The van der Waals surface area contributed by atoms with Gasteiger partial charge in [0.05, 0.1) is 6.07 Å². The van der Waals surface area contributed by atoms with Gasteiger partial charge in [0, 0.05) is 0 Å². The van der Waals surface area contributed by atoms with Crippen molar-refractivity contribution in [3.63, 3.8) is 0 Å². The van der Waals surface area contributed by atoms with Gasteiger partial charge in [-0.3, -0.25) is 0 Å². The predicted molar refractivity (Wildman–Crippen MR) is 99.6 cm³/mol. The topological polar surface area (TPSA) is 42.2 Å². The Morgan fingerprint density at radius 3 is 2.17 bits per heavy atom. The number of ether oxygens (including phenoxy) is 1. The molecule has 4 heteroatoms. The minimum absolute atomic E-state index is 0.0558. The summed E-state index contributed by atoms with van der Waals surface area (Å²) in [5.41, 5.74) is 0.829. The zero-order valence-electron chi connectivity index (χ0n) is 15.0. The highest BCUT2D eigenvalue weighted by Gasteiger charge is 2.39. The van der Waals surface area contributed by atoms with Crippen LogP contribution in [0.25, 0.3) is 0 Å². The second-order valence-electron chi connectivity index (χ2n) is 7.37. The maximum absolute atomic E-state index is 9.60. The lowest BCUT2D eigenvalue weighted by atomic mass is 10.1. The van der Waals surface area contributed by atoms with Gasteiger partial charge in [-0.25, -0.2) is 0 Å². The van der Waals surface area contributed by atoms with E-state index in [4.69, 9.17) is 9.16 Å². The molecule has 0 saturated heterocycles. The molecule has 0 heterocycles. The Balaban J connectivity index is 2.21. The van der Waals surface area contributed by atoms with Gasteiger partial charge in [0.25, 0.3) is 0 Å². The molecule has 0 spiro atoms. The predicted octanol–water partition coefficient (Wildman–Crippen LogP) is 6.07. The van der Waals surface area contributed by atoms with Crippen LogP contribution in [-0.2, 0) is 4.43 Å². The van der Waals surface area contributed by atoms with Crippen LogP contribution in [0.1, 0.15) is 32.4 Å². The Hall–Kier alpha value is -2.09. The monoisotopic (exact) mass is 339 g/mol. The summed E-state index contributed by atoms with van der Waals surface area (Å²) in [6.07, 6.45) is -0.579. The molecule has 0 aliphatic heterocycles. The Kier molecular flexibility index (Phi) is 5.48. The molecule has 0 N–H and O–H groups in total. The van der Waals surface area contributed by atoms with E-state index in [0.717, 1.165) is 11.3 Å². The first-order valence-electron chi connectivity index (χ1n) is 8.13. The highest BCUT2D eigenvalue weighted by atomic mass is 28.4. The molecule has 126 valence electrons. The molecular weight excluding hydrogens is 314 g/mol. The molecule has 0 saturated carbocycles. The minimum atomic E-state index is -2.03. The summed E-state index contributed by atoms with van der Waals surface area (Å²) in [4.78, 5) is 0. The molecule has 0 amide bonds. The average molecular weight is 340 g/mol. The molecule has 0 bridgehead atoms. The molecular formula is C20H25NO2Si. The van der Waals surface area contributed by atoms with Crippen molar-refractivity contribution in [2.24, 2.45) is 0 Å². The Morgan fingerprint density at radius 1 is 0.958 bits per heavy atom. The number of nitrogens with zero attached hydrogens (tertiary/aromatic N) is 1. The standard InChI is InChI=1S/C20H25NO2Si/c1-20(2,3)24(4,5)23-19(15-21)16-10-9-13-18(14-16)22-17-11-7-6-8-12-17/h6-14,19H,1-5H3/t19-/m1/s1. The molecule has 2 aromatic carbocycles. The first-order chi connectivity index (χ1) is 11.2. The fraction of sp³-hybridized carbons (Fsp3) is 0.350. The van der Waals surface area contributed by atoms with Gasteiger partial charge in [-0.15, -0.1) is 0 Å². The number of para-hydroxylation sites is 1. The SMILES string of the molecule is CC(C)(C)[Si](C)(C)O[C@H](C#N)c1cccc(Oc2ccccc2)c1. The van der Waals surface area contributed by atoms with E-state index in [-0.39, 0.29) is 5.04 Å². The fourth-order valence-electron chi connectivity index (χ4n) is 2.01. The van der Waals surface area contributed by atoms with Crippen molar-refractivity contribution in [1.82, 2.24) is 0 Å². The summed E-state index contributed by atoms with van der Waals surface area (Å²) < 4.78 is 12.1. The van der Waals surface area contributed by atoms with Crippen molar-refractivity contribution in [2.45, 2.75) is 45.0 Å². The van der Waals surface area contributed by atoms with Gasteiger partial charge in [0.2, 0.25) is 0 Å². The first kappa shape index (κ1) is 18.2. The molecule has 3 nitrogen and oxygen atoms in total. The summed E-state index contributed by atoms with van der Waals surface area (Å²) in [6.45, 7) is 10.8. The molecule has 0 aliphatic rings. The zero-order valence-corrected chi connectivity index (χ0v) is 16.0. The molecule has 0 fully saturated rings. The highest BCUT2D eigenvalue weighted by Crippen LogP contribution is 2.40. The van der Waals surface area contributed by atoms with Crippen molar-refractivity contribution in [2.75, 3.05) is 0 Å². The van der Waals surface area contributed by atoms with Gasteiger partial charge in [-0.05, 0) is 48.0 Å². The van der Waals surface area contributed by atoms with E-state index < -0.39 is 14.4 Å². The maximum Gasteiger partial charge on any atom is 0.194 e. The Bertz CT molecular complexity index is 714. The van der Waals surface area contributed by atoms with Crippen LogP contribution in [0.2, 0.25) is 18.1 Å². The van der Waals surface area contributed by atoms with Crippen LogP contribution in [0.3, 0.4) is 0 Å². The van der Waals surface area contributed by atoms with Crippen LogP contribution in [0.4, 0.5) is 0 Å². The van der Waals surface area contributed by atoms with Crippen molar-refractivity contribution < 1.29 is 9.16 Å². The zero-order chi connectivity index (χ0) is 17.8. The van der Waals surface area contributed by atoms with Gasteiger partial charge in [0.15, 0.2) is 14.4 Å². The number of benzene rings is 2. The second-order valence-corrected chi connectivity index (χ2v) is 12.1. The third-order valence-corrected chi connectivity index (χ3v) is 8.91. The molecule has 2 rings (SSSR count). The molecule has 0 aliphatic carbocycles. The van der Waals surface area contributed by atoms with Crippen LogP contribution < -0.4 is 4.74 Å². The van der Waals surface area contributed by atoms with E-state index in [0.29, 0.717) is 5.75 Å². The summed E-state index contributed by atoms with van der Waals surface area (Å²) >= 11 is 0. The first-order valence-corrected chi connectivity index (χ1v) is 11.0. The van der Waals surface area contributed by atoms with Crippen LogP contribution in [0.5, 0.6) is 11.5 Å². The molecule has 24 heavy (non-hydrogen) atoms. The lowest BCUT2D eigenvalue weighted by Gasteiger charge is -2.37. The van der Waals surface area contributed by atoms with Gasteiger partial charge < -0.3 is 9.16 Å². The lowest BCUT2D eigenvalue weighted by molar-refractivity contribution is 0.235. The summed E-state index contributed by atoms with van der Waals surface area (Å²) in [5.74, 6) is 1.48. The minimum Gasteiger partial charge on any atom is -0.457 e. The molecule has 0 unspecified atom stereocenters. The van der Waals surface area contributed by atoms with Crippen LogP contribution in [0.15, 0.2) is 54.6 Å². The van der Waals surface area contributed by atoms with E-state index in [1.807, 2.05) is 54.6 Å². The normalized spacial score (nSPS) is 13.2. The number of hydrogen-bond donors (Lipinski definition) is 0. The summed E-state index contributed by atoms with van der Waals surface area (Å²) in [5, 5.41) is 9.65. The molecule has 0 radical (unpaired) electrons. The van der Waals surface area contributed by atoms with Crippen molar-refractivity contribution >= 4 is 8.32 Å². The Morgan fingerprint density at radius 2 is 1.58 bits per heavy atom. The fourth-order valence-corrected chi connectivity index (χ4v) is 3.14. The molecule has 2 aromatic rings. The third kappa shape index (κ3) is 4.47. The van der Waals surface area contributed by atoms with Crippen molar-refractivity contribution in [3.05, 3.63) is 60.2 Å². The third-order valence-electron chi connectivity index (χ3n) is 4.48. The number of nitriles is 1. The lowest BCUT2D eigenvalue weighted by Crippen LogP contribution is -2.41. The summed E-state index contributed by atoms with van der Waals surface area (Å²) in [6, 6.07) is 19.5. The van der Waals surface area contributed by atoms with Gasteiger partial charge >= 0.3 is 0 Å². The van der Waals surface area contributed by atoms with Gasteiger partial charge in [-0.2, -0.15) is 5.26 Å². The van der Waals surface area contributed by atoms with Crippen LogP contribution in [-0.4, -0.2) is 8.32 Å². The molecule has 0 aromatic heterocycles. The van der Waals surface area contributed by atoms with Crippen molar-refractivity contribution in [3.8, 4) is 17.6 Å². The number of rotatable bonds is 5. The maximum atomic E-state index is 9.60.